The van der Waals surface area contributed by atoms with Gasteiger partial charge < -0.3 is 19.4 Å². The quantitative estimate of drug-likeness (QED) is 0.546. The van der Waals surface area contributed by atoms with Gasteiger partial charge in [0.25, 0.3) is 5.91 Å². The highest BCUT2D eigenvalue weighted by Crippen LogP contribution is 2.30. The molecule has 37 heavy (non-hydrogen) atoms. The van der Waals surface area contributed by atoms with Crippen LogP contribution in [0.4, 0.5) is 4.79 Å². The monoisotopic (exact) mass is 524 g/mol. The lowest BCUT2D eigenvalue weighted by Gasteiger charge is -2.35. The van der Waals surface area contributed by atoms with Crippen LogP contribution in [-0.2, 0) is 15.3 Å². The molecule has 0 bridgehead atoms. The van der Waals surface area contributed by atoms with Crippen molar-refractivity contribution in [1.29, 1.82) is 0 Å². The van der Waals surface area contributed by atoms with Crippen molar-refractivity contribution >= 4 is 29.7 Å². The van der Waals surface area contributed by atoms with Crippen molar-refractivity contribution in [3.63, 3.8) is 0 Å². The molecule has 2 aliphatic heterocycles. The smallest absolute Gasteiger partial charge is 0.409 e. The molecule has 3 heterocycles. The zero-order valence-electron chi connectivity index (χ0n) is 21.7. The fourth-order valence-electron chi connectivity index (χ4n) is 4.87. The number of thioether (sulfide) groups is 1. The number of nitrogens with zero attached hydrogens (tertiary/aromatic N) is 4. The molecule has 2 aliphatic rings. The second-order valence-corrected chi connectivity index (χ2v) is 10.5. The fraction of sp³-hybridized carbons (Fsp3) is 0.500. The molecule has 3 amide bonds. The van der Waals surface area contributed by atoms with E-state index < -0.39 is 0 Å². The van der Waals surface area contributed by atoms with Crippen LogP contribution in [0.2, 0.25) is 0 Å². The molecule has 0 atom stereocenters. The summed E-state index contributed by atoms with van der Waals surface area (Å²) in [5.41, 5.74) is 3.58. The van der Waals surface area contributed by atoms with Crippen LogP contribution < -0.4 is 0 Å². The Kier molecular flexibility index (Phi) is 9.44. The first kappa shape index (κ1) is 27.0. The third kappa shape index (κ3) is 7.03. The van der Waals surface area contributed by atoms with Gasteiger partial charge in [-0.05, 0) is 44.4 Å². The number of carbonyl (C=O) groups excluding carboxylic acids is 3. The fourth-order valence-corrected chi connectivity index (χ4v) is 5.76. The molecule has 0 radical (unpaired) electrons. The average molecular weight is 525 g/mol. The molecule has 198 valence electrons. The maximum Gasteiger partial charge on any atom is 0.409 e. The predicted octanol–water partition coefficient (Wildman–Crippen LogP) is 3.94. The second-order valence-electron chi connectivity index (χ2n) is 9.50. The van der Waals surface area contributed by atoms with Crippen molar-refractivity contribution in [2.24, 2.45) is 0 Å². The first-order valence-electron chi connectivity index (χ1n) is 13.0. The van der Waals surface area contributed by atoms with E-state index in [1.807, 2.05) is 42.2 Å². The van der Waals surface area contributed by atoms with Gasteiger partial charge in [-0.1, -0.05) is 30.3 Å². The van der Waals surface area contributed by atoms with Crippen LogP contribution in [-0.4, -0.2) is 89.2 Å². The van der Waals surface area contributed by atoms with Crippen LogP contribution in [0.15, 0.2) is 42.5 Å². The minimum atomic E-state index is -0.327. The first-order chi connectivity index (χ1) is 18.0. The number of rotatable bonds is 7. The molecule has 0 spiro atoms. The van der Waals surface area contributed by atoms with Gasteiger partial charge in [0.05, 0.1) is 23.6 Å². The second kappa shape index (κ2) is 12.9. The summed E-state index contributed by atoms with van der Waals surface area (Å²) >= 11 is 1.65. The SMILES string of the molecule is CCOC(=O)N1CCN(C(=O)c2ccc(C)nc2C2CCN(C(=O)CSCc3ccccc3)CC2)CC1. The van der Waals surface area contributed by atoms with Crippen molar-refractivity contribution in [2.75, 3.05) is 51.6 Å². The van der Waals surface area contributed by atoms with Gasteiger partial charge in [-0.2, -0.15) is 0 Å². The van der Waals surface area contributed by atoms with Gasteiger partial charge in [-0.3, -0.25) is 14.6 Å². The number of hydrogen-bond donors (Lipinski definition) is 0. The molecule has 4 rings (SSSR count). The lowest BCUT2D eigenvalue weighted by molar-refractivity contribution is -0.129. The number of hydrogen-bond acceptors (Lipinski definition) is 6. The standard InChI is InChI=1S/C28H36N4O4S/c1-3-36-28(35)32-17-15-31(16-18-32)27(34)24-10-9-21(2)29-26(24)23-11-13-30(14-12-23)25(33)20-37-19-22-7-5-4-6-8-22/h4-10,23H,3,11-20H2,1-2H3. The van der Waals surface area contributed by atoms with Crippen LogP contribution in [0.3, 0.4) is 0 Å². The number of piperazine rings is 1. The Balaban J connectivity index is 1.32. The van der Waals surface area contributed by atoms with E-state index in [2.05, 4.69) is 12.1 Å². The highest BCUT2D eigenvalue weighted by atomic mass is 32.2. The molecule has 2 aromatic rings. The largest absolute Gasteiger partial charge is 0.450 e. The van der Waals surface area contributed by atoms with E-state index in [0.717, 1.165) is 30.0 Å². The molecule has 0 aliphatic carbocycles. The zero-order chi connectivity index (χ0) is 26.2. The molecule has 2 saturated heterocycles. The van der Waals surface area contributed by atoms with Gasteiger partial charge in [0.1, 0.15) is 0 Å². The van der Waals surface area contributed by atoms with Gasteiger partial charge in [0.2, 0.25) is 5.91 Å². The van der Waals surface area contributed by atoms with E-state index in [9.17, 15) is 14.4 Å². The number of pyridine rings is 1. The summed E-state index contributed by atoms with van der Waals surface area (Å²) in [4.78, 5) is 48.4. The third-order valence-electron chi connectivity index (χ3n) is 6.96. The molecule has 1 aromatic carbocycles. The molecule has 8 nitrogen and oxygen atoms in total. The van der Waals surface area contributed by atoms with Crippen LogP contribution in [0.25, 0.3) is 0 Å². The topological polar surface area (TPSA) is 83.1 Å². The van der Waals surface area contributed by atoms with E-state index in [1.165, 1.54) is 5.56 Å². The Labute approximate surface area is 223 Å². The summed E-state index contributed by atoms with van der Waals surface area (Å²) < 4.78 is 5.08. The van der Waals surface area contributed by atoms with E-state index in [-0.39, 0.29) is 23.8 Å². The molecule has 9 heteroatoms. The van der Waals surface area contributed by atoms with Crippen molar-refractivity contribution < 1.29 is 19.1 Å². The van der Waals surface area contributed by atoms with Crippen LogP contribution in [0.5, 0.6) is 0 Å². The summed E-state index contributed by atoms with van der Waals surface area (Å²) in [6, 6.07) is 14.0. The molecular weight excluding hydrogens is 488 g/mol. The number of benzene rings is 1. The number of ether oxygens (including phenoxy) is 1. The van der Waals surface area contributed by atoms with Crippen molar-refractivity contribution in [3.05, 3.63) is 65.0 Å². The van der Waals surface area contributed by atoms with E-state index >= 15 is 0 Å². The molecule has 0 N–H and O–H groups in total. The Morgan fingerprint density at radius 1 is 0.919 bits per heavy atom. The Morgan fingerprint density at radius 2 is 1.59 bits per heavy atom. The van der Waals surface area contributed by atoms with Gasteiger partial charge in [-0.15, -0.1) is 11.8 Å². The molecule has 0 saturated carbocycles. The molecular formula is C28H36N4O4S. The van der Waals surface area contributed by atoms with Gasteiger partial charge in [-0.25, -0.2) is 4.79 Å². The zero-order valence-corrected chi connectivity index (χ0v) is 22.5. The van der Waals surface area contributed by atoms with Crippen molar-refractivity contribution in [1.82, 2.24) is 19.7 Å². The Bertz CT molecular complexity index is 1080. The highest BCUT2D eigenvalue weighted by molar-refractivity contribution is 7.99. The molecule has 2 fully saturated rings. The average Bonchev–Trinajstić information content (AvgIpc) is 2.93. The minimum Gasteiger partial charge on any atom is -0.450 e. The van der Waals surface area contributed by atoms with Crippen molar-refractivity contribution in [3.8, 4) is 0 Å². The van der Waals surface area contributed by atoms with Crippen LogP contribution in [0, 0.1) is 6.92 Å². The van der Waals surface area contributed by atoms with E-state index in [1.54, 1.807) is 28.5 Å². The normalized spacial score (nSPS) is 16.5. The van der Waals surface area contributed by atoms with E-state index in [0.29, 0.717) is 57.2 Å². The predicted molar refractivity (Wildman–Crippen MR) is 145 cm³/mol. The maximum absolute atomic E-state index is 13.5. The number of amides is 3. The summed E-state index contributed by atoms with van der Waals surface area (Å²) in [7, 11) is 0. The summed E-state index contributed by atoms with van der Waals surface area (Å²) in [5, 5.41) is 0. The van der Waals surface area contributed by atoms with Crippen LogP contribution >= 0.6 is 11.8 Å². The lowest BCUT2D eigenvalue weighted by Crippen LogP contribution is -2.51. The molecule has 1 aromatic heterocycles. The number of aromatic nitrogens is 1. The van der Waals surface area contributed by atoms with Gasteiger partial charge in [0, 0.05) is 56.6 Å². The van der Waals surface area contributed by atoms with Crippen molar-refractivity contribution in [2.45, 2.75) is 38.4 Å². The van der Waals surface area contributed by atoms with Gasteiger partial charge >= 0.3 is 6.09 Å². The first-order valence-corrected chi connectivity index (χ1v) is 14.2. The number of piperidine rings is 1. The molecule has 0 unspecified atom stereocenters. The lowest BCUT2D eigenvalue weighted by atomic mass is 9.89. The number of carbonyl (C=O) groups is 3. The number of aryl methyl sites for hydroxylation is 1. The number of likely N-dealkylation sites (tertiary alicyclic amines) is 1. The van der Waals surface area contributed by atoms with Gasteiger partial charge in [0.15, 0.2) is 0 Å². The highest BCUT2D eigenvalue weighted by Gasteiger charge is 2.31. The third-order valence-corrected chi connectivity index (χ3v) is 7.95. The van der Waals surface area contributed by atoms with E-state index in [4.69, 9.17) is 9.72 Å². The van der Waals surface area contributed by atoms with Crippen LogP contribution in [0.1, 0.15) is 53.0 Å². The maximum atomic E-state index is 13.5. The Hall–Kier alpha value is -3.07. The minimum absolute atomic E-state index is 0.0400. The summed E-state index contributed by atoms with van der Waals surface area (Å²) in [5.74, 6) is 1.58. The summed E-state index contributed by atoms with van der Waals surface area (Å²) in [6.07, 6.45) is 1.26. The Morgan fingerprint density at radius 3 is 2.27 bits per heavy atom. The summed E-state index contributed by atoms with van der Waals surface area (Å²) in [6.45, 7) is 7.29.